The Hall–Kier alpha value is -1.04. The standard InChI is InChI=1S/C7H11N5/c8-5-3-11-12-7(5)6-1-2-9-4-10-6/h1-2,4-5,7,11-12H,3,8H2. The first-order valence-corrected chi connectivity index (χ1v) is 3.88. The number of nitrogens with one attached hydrogen (secondary N) is 2. The van der Waals surface area contributed by atoms with Gasteiger partial charge >= 0.3 is 0 Å². The SMILES string of the molecule is NC1CNNC1c1ccncn1. The molecule has 5 nitrogen and oxygen atoms in total. The van der Waals surface area contributed by atoms with Gasteiger partial charge in [-0.25, -0.2) is 15.4 Å². The van der Waals surface area contributed by atoms with Crippen LogP contribution in [0.2, 0.25) is 0 Å². The van der Waals surface area contributed by atoms with Gasteiger partial charge in [0.1, 0.15) is 6.33 Å². The van der Waals surface area contributed by atoms with Crippen LogP contribution >= 0.6 is 0 Å². The molecule has 2 heterocycles. The molecule has 1 aromatic rings. The number of hydrazine groups is 1. The minimum absolute atomic E-state index is 0.0832. The lowest BCUT2D eigenvalue weighted by Gasteiger charge is -2.12. The van der Waals surface area contributed by atoms with Crippen LogP contribution in [0.15, 0.2) is 18.6 Å². The summed E-state index contributed by atoms with van der Waals surface area (Å²) in [5.41, 5.74) is 12.8. The van der Waals surface area contributed by atoms with E-state index in [2.05, 4.69) is 20.8 Å². The van der Waals surface area contributed by atoms with E-state index in [0.717, 1.165) is 12.2 Å². The van der Waals surface area contributed by atoms with Gasteiger partial charge in [0, 0.05) is 18.8 Å². The molecule has 1 fully saturated rings. The largest absolute Gasteiger partial charge is 0.325 e. The summed E-state index contributed by atoms with van der Waals surface area (Å²) in [5.74, 6) is 0. The Balaban J connectivity index is 2.19. The highest BCUT2D eigenvalue weighted by Gasteiger charge is 2.25. The molecule has 2 rings (SSSR count). The van der Waals surface area contributed by atoms with Crippen molar-refractivity contribution < 1.29 is 0 Å². The summed E-state index contributed by atoms with van der Waals surface area (Å²) >= 11 is 0. The molecule has 4 N–H and O–H groups in total. The van der Waals surface area contributed by atoms with Gasteiger partial charge in [-0.2, -0.15) is 0 Å². The second-order valence-corrected chi connectivity index (χ2v) is 2.80. The van der Waals surface area contributed by atoms with Crippen LogP contribution in [0.3, 0.4) is 0 Å². The van der Waals surface area contributed by atoms with Crippen LogP contribution < -0.4 is 16.6 Å². The first kappa shape index (κ1) is 7.60. The molecule has 0 amide bonds. The summed E-state index contributed by atoms with van der Waals surface area (Å²) in [4.78, 5) is 7.96. The van der Waals surface area contributed by atoms with Crippen molar-refractivity contribution in [3.8, 4) is 0 Å². The number of nitrogens with two attached hydrogens (primary N) is 1. The van der Waals surface area contributed by atoms with E-state index in [4.69, 9.17) is 5.73 Å². The Labute approximate surface area is 70.4 Å². The number of rotatable bonds is 1. The number of aromatic nitrogens is 2. The zero-order valence-corrected chi connectivity index (χ0v) is 6.57. The molecule has 1 aromatic heterocycles. The van der Waals surface area contributed by atoms with Gasteiger partial charge in [0.15, 0.2) is 0 Å². The van der Waals surface area contributed by atoms with Gasteiger partial charge in [0.25, 0.3) is 0 Å². The molecule has 2 unspecified atom stereocenters. The fourth-order valence-electron chi connectivity index (χ4n) is 1.29. The van der Waals surface area contributed by atoms with E-state index in [1.165, 1.54) is 6.33 Å². The molecule has 2 atom stereocenters. The highest BCUT2D eigenvalue weighted by Crippen LogP contribution is 2.13. The lowest BCUT2D eigenvalue weighted by molar-refractivity contribution is 0.537. The third-order valence-electron chi connectivity index (χ3n) is 1.95. The molecule has 12 heavy (non-hydrogen) atoms. The Kier molecular flexibility index (Phi) is 1.99. The van der Waals surface area contributed by atoms with E-state index < -0.39 is 0 Å². The van der Waals surface area contributed by atoms with Crippen molar-refractivity contribution in [3.63, 3.8) is 0 Å². The number of hydrogen-bond acceptors (Lipinski definition) is 5. The van der Waals surface area contributed by atoms with Crippen LogP contribution in [0.1, 0.15) is 11.7 Å². The molecule has 5 heteroatoms. The summed E-state index contributed by atoms with van der Waals surface area (Å²) in [6.07, 6.45) is 3.25. The molecule has 0 aromatic carbocycles. The number of nitrogens with zero attached hydrogens (tertiary/aromatic N) is 2. The van der Waals surface area contributed by atoms with Crippen LogP contribution in [0.25, 0.3) is 0 Å². The minimum Gasteiger partial charge on any atom is -0.325 e. The van der Waals surface area contributed by atoms with Gasteiger partial charge in [-0.05, 0) is 6.07 Å². The predicted octanol–water partition coefficient (Wildman–Crippen LogP) is -1.05. The smallest absolute Gasteiger partial charge is 0.115 e. The second-order valence-electron chi connectivity index (χ2n) is 2.80. The Bertz CT molecular complexity index is 249. The molecule has 0 spiro atoms. The van der Waals surface area contributed by atoms with Crippen molar-refractivity contribution in [2.45, 2.75) is 12.1 Å². The molecule has 1 aliphatic heterocycles. The highest BCUT2D eigenvalue weighted by atomic mass is 15.4. The first-order chi connectivity index (χ1) is 5.88. The van der Waals surface area contributed by atoms with Crippen molar-refractivity contribution >= 4 is 0 Å². The van der Waals surface area contributed by atoms with E-state index in [9.17, 15) is 0 Å². The average Bonchev–Trinajstić information content (AvgIpc) is 2.53. The molecule has 1 saturated heterocycles. The van der Waals surface area contributed by atoms with E-state index in [1.807, 2.05) is 6.07 Å². The van der Waals surface area contributed by atoms with Gasteiger partial charge in [0.05, 0.1) is 11.7 Å². The quantitative estimate of drug-likeness (QED) is 0.495. The summed E-state index contributed by atoms with van der Waals surface area (Å²) < 4.78 is 0. The van der Waals surface area contributed by atoms with Crippen LogP contribution in [0.5, 0.6) is 0 Å². The van der Waals surface area contributed by atoms with Crippen molar-refractivity contribution in [1.82, 2.24) is 20.8 Å². The Morgan fingerprint density at radius 2 is 2.50 bits per heavy atom. The predicted molar refractivity (Wildman–Crippen MR) is 43.9 cm³/mol. The maximum absolute atomic E-state index is 5.83. The zero-order chi connectivity index (χ0) is 8.39. The fourth-order valence-corrected chi connectivity index (χ4v) is 1.29. The molecular formula is C7H11N5. The van der Waals surface area contributed by atoms with E-state index in [-0.39, 0.29) is 12.1 Å². The molecule has 0 radical (unpaired) electrons. The molecule has 1 aliphatic rings. The van der Waals surface area contributed by atoms with Crippen LogP contribution in [0, 0.1) is 0 Å². The molecule has 0 aliphatic carbocycles. The lowest BCUT2D eigenvalue weighted by atomic mass is 10.1. The molecule has 64 valence electrons. The topological polar surface area (TPSA) is 75.9 Å². The van der Waals surface area contributed by atoms with Crippen molar-refractivity contribution in [1.29, 1.82) is 0 Å². The van der Waals surface area contributed by atoms with Gasteiger partial charge in [0.2, 0.25) is 0 Å². The van der Waals surface area contributed by atoms with Crippen molar-refractivity contribution in [2.75, 3.05) is 6.54 Å². The first-order valence-electron chi connectivity index (χ1n) is 3.88. The Morgan fingerprint density at radius 1 is 1.58 bits per heavy atom. The maximum atomic E-state index is 5.83. The fraction of sp³-hybridized carbons (Fsp3) is 0.429. The summed E-state index contributed by atoms with van der Waals surface area (Å²) in [6.45, 7) is 0.772. The van der Waals surface area contributed by atoms with Crippen molar-refractivity contribution in [3.05, 3.63) is 24.3 Å². The monoisotopic (exact) mass is 165 g/mol. The normalized spacial score (nSPS) is 29.1. The van der Waals surface area contributed by atoms with Gasteiger partial charge in [-0.3, -0.25) is 5.43 Å². The van der Waals surface area contributed by atoms with Gasteiger partial charge in [-0.15, -0.1) is 0 Å². The zero-order valence-electron chi connectivity index (χ0n) is 6.57. The average molecular weight is 165 g/mol. The van der Waals surface area contributed by atoms with Crippen molar-refractivity contribution in [2.24, 2.45) is 5.73 Å². The third-order valence-corrected chi connectivity index (χ3v) is 1.95. The minimum atomic E-state index is 0.0832. The van der Waals surface area contributed by atoms with Crippen LogP contribution in [0.4, 0.5) is 0 Å². The highest BCUT2D eigenvalue weighted by molar-refractivity contribution is 5.09. The molecule has 0 bridgehead atoms. The maximum Gasteiger partial charge on any atom is 0.115 e. The van der Waals surface area contributed by atoms with Crippen LogP contribution in [-0.2, 0) is 0 Å². The third kappa shape index (κ3) is 1.29. The van der Waals surface area contributed by atoms with Crippen LogP contribution in [-0.4, -0.2) is 22.6 Å². The summed E-state index contributed by atoms with van der Waals surface area (Å²) in [5, 5.41) is 0. The van der Waals surface area contributed by atoms with E-state index in [0.29, 0.717) is 0 Å². The lowest BCUT2D eigenvalue weighted by Crippen LogP contribution is -2.30. The molecular weight excluding hydrogens is 154 g/mol. The second kappa shape index (κ2) is 3.14. The van der Waals surface area contributed by atoms with E-state index >= 15 is 0 Å². The van der Waals surface area contributed by atoms with Gasteiger partial charge in [-0.1, -0.05) is 0 Å². The number of hydrogen-bond donors (Lipinski definition) is 3. The van der Waals surface area contributed by atoms with E-state index in [1.54, 1.807) is 6.20 Å². The summed E-state index contributed by atoms with van der Waals surface area (Å²) in [6, 6.07) is 2.05. The summed E-state index contributed by atoms with van der Waals surface area (Å²) in [7, 11) is 0. The molecule has 0 saturated carbocycles. The van der Waals surface area contributed by atoms with Gasteiger partial charge < -0.3 is 5.73 Å². The Morgan fingerprint density at radius 3 is 3.08 bits per heavy atom.